The first-order valence-electron chi connectivity index (χ1n) is 6.19. The van der Waals surface area contributed by atoms with Gasteiger partial charge in [-0.2, -0.15) is 0 Å². The van der Waals surface area contributed by atoms with Crippen molar-refractivity contribution in [1.82, 2.24) is 14.9 Å². The Bertz CT molecular complexity index is 475. The van der Waals surface area contributed by atoms with Gasteiger partial charge in [0.15, 0.2) is 0 Å². The first-order chi connectivity index (χ1) is 8.33. The molecule has 4 heteroatoms. The monoisotopic (exact) mass is 232 g/mol. The normalized spacial score (nSPS) is 10.9. The Balaban J connectivity index is 1.97. The number of nitrogens with zero attached hydrogens (tertiary/aromatic N) is 2. The summed E-state index contributed by atoms with van der Waals surface area (Å²) in [6.07, 6.45) is 1.17. The molecule has 2 N–H and O–H groups in total. The Morgan fingerprint density at radius 3 is 2.76 bits per heavy atom. The minimum atomic E-state index is 0.900. The third kappa shape index (κ3) is 2.77. The molecule has 0 radical (unpaired) electrons. The van der Waals surface area contributed by atoms with Crippen molar-refractivity contribution in [2.24, 2.45) is 7.05 Å². The summed E-state index contributed by atoms with van der Waals surface area (Å²) in [7, 11) is 2.04. The molecule has 92 valence electrons. The quantitative estimate of drug-likeness (QED) is 0.748. The fraction of sp³-hybridized carbons (Fsp3) is 0.462. The fourth-order valence-electron chi connectivity index (χ4n) is 1.87. The molecule has 0 bridgehead atoms. The van der Waals surface area contributed by atoms with Crippen molar-refractivity contribution in [3.05, 3.63) is 24.3 Å². The van der Waals surface area contributed by atoms with E-state index in [-0.39, 0.29) is 0 Å². The van der Waals surface area contributed by atoms with E-state index in [2.05, 4.69) is 33.2 Å². The second kappa shape index (κ2) is 5.68. The second-order valence-electron chi connectivity index (χ2n) is 4.16. The zero-order chi connectivity index (χ0) is 12.1. The highest BCUT2D eigenvalue weighted by atomic mass is 15.2. The first kappa shape index (κ1) is 11.9. The van der Waals surface area contributed by atoms with Gasteiger partial charge in [0.05, 0.1) is 11.0 Å². The lowest BCUT2D eigenvalue weighted by Crippen LogP contribution is -2.23. The first-order valence-corrected chi connectivity index (χ1v) is 6.19. The molecule has 2 rings (SSSR count). The predicted molar refractivity (Wildman–Crippen MR) is 72.4 cm³/mol. The number of imidazole rings is 1. The van der Waals surface area contributed by atoms with E-state index in [1.807, 2.05) is 25.2 Å². The molecule has 0 saturated carbocycles. The van der Waals surface area contributed by atoms with Crippen molar-refractivity contribution in [2.45, 2.75) is 13.3 Å². The van der Waals surface area contributed by atoms with Crippen LogP contribution in [0.1, 0.15) is 13.3 Å². The Labute approximate surface area is 102 Å². The van der Waals surface area contributed by atoms with Crippen LogP contribution in [0.3, 0.4) is 0 Å². The molecule has 0 amide bonds. The molecule has 0 saturated heterocycles. The Morgan fingerprint density at radius 2 is 2.00 bits per heavy atom. The van der Waals surface area contributed by atoms with Crippen molar-refractivity contribution in [3.8, 4) is 0 Å². The predicted octanol–water partition coefficient (Wildman–Crippen LogP) is 1.98. The van der Waals surface area contributed by atoms with Crippen LogP contribution < -0.4 is 10.6 Å². The van der Waals surface area contributed by atoms with Crippen LogP contribution in [-0.4, -0.2) is 29.2 Å². The van der Waals surface area contributed by atoms with Gasteiger partial charge in [0.25, 0.3) is 0 Å². The minimum Gasteiger partial charge on any atom is -0.354 e. The number of rotatable bonds is 6. The maximum absolute atomic E-state index is 4.55. The SMILES string of the molecule is CCCNCCNc1nc2ccccc2n1C. The van der Waals surface area contributed by atoms with E-state index in [0.717, 1.165) is 36.6 Å². The van der Waals surface area contributed by atoms with Crippen LogP contribution in [0.5, 0.6) is 0 Å². The standard InChI is InChI=1S/C13H20N4/c1-3-8-14-9-10-15-13-16-11-6-4-5-7-12(11)17(13)2/h4-7,14H,3,8-10H2,1-2H3,(H,15,16). The molecule has 2 aromatic rings. The molecule has 0 spiro atoms. The molecule has 4 nitrogen and oxygen atoms in total. The molecule has 1 aromatic heterocycles. The highest BCUT2D eigenvalue weighted by Gasteiger charge is 2.05. The smallest absolute Gasteiger partial charge is 0.203 e. The number of aryl methyl sites for hydroxylation is 1. The summed E-state index contributed by atoms with van der Waals surface area (Å²) in [5, 5.41) is 6.71. The largest absolute Gasteiger partial charge is 0.354 e. The van der Waals surface area contributed by atoms with Crippen molar-refractivity contribution < 1.29 is 0 Å². The van der Waals surface area contributed by atoms with E-state index in [1.165, 1.54) is 6.42 Å². The number of hydrogen-bond donors (Lipinski definition) is 2. The van der Waals surface area contributed by atoms with E-state index in [0.29, 0.717) is 0 Å². The highest BCUT2D eigenvalue weighted by Crippen LogP contribution is 2.16. The highest BCUT2D eigenvalue weighted by molar-refractivity contribution is 5.78. The molecular formula is C13H20N4. The zero-order valence-electron chi connectivity index (χ0n) is 10.5. The summed E-state index contributed by atoms with van der Waals surface area (Å²) in [5.74, 6) is 0.935. The molecule has 1 heterocycles. The van der Waals surface area contributed by atoms with Gasteiger partial charge in [-0.05, 0) is 25.1 Å². The summed E-state index contributed by atoms with van der Waals surface area (Å²) < 4.78 is 2.09. The summed E-state index contributed by atoms with van der Waals surface area (Å²) in [6.45, 7) is 5.12. The van der Waals surface area contributed by atoms with E-state index in [4.69, 9.17) is 0 Å². The minimum absolute atomic E-state index is 0.900. The van der Waals surface area contributed by atoms with Gasteiger partial charge in [-0.1, -0.05) is 19.1 Å². The van der Waals surface area contributed by atoms with Gasteiger partial charge in [-0.25, -0.2) is 4.98 Å². The van der Waals surface area contributed by atoms with Crippen molar-refractivity contribution >= 4 is 17.0 Å². The lowest BCUT2D eigenvalue weighted by Gasteiger charge is -2.06. The van der Waals surface area contributed by atoms with Gasteiger partial charge >= 0.3 is 0 Å². The molecule has 0 unspecified atom stereocenters. The Hall–Kier alpha value is -1.55. The average molecular weight is 232 g/mol. The number of anilines is 1. The third-order valence-electron chi connectivity index (χ3n) is 2.80. The van der Waals surface area contributed by atoms with Crippen LogP contribution in [0.25, 0.3) is 11.0 Å². The molecule has 0 aliphatic carbocycles. The van der Waals surface area contributed by atoms with Crippen LogP contribution in [0.15, 0.2) is 24.3 Å². The van der Waals surface area contributed by atoms with Crippen LogP contribution in [0.2, 0.25) is 0 Å². The number of aromatic nitrogens is 2. The topological polar surface area (TPSA) is 41.9 Å². The molecule has 0 atom stereocenters. The van der Waals surface area contributed by atoms with Gasteiger partial charge in [0, 0.05) is 20.1 Å². The van der Waals surface area contributed by atoms with Crippen molar-refractivity contribution in [2.75, 3.05) is 25.0 Å². The maximum atomic E-state index is 4.55. The lowest BCUT2D eigenvalue weighted by molar-refractivity contribution is 0.685. The van der Waals surface area contributed by atoms with Crippen LogP contribution in [0.4, 0.5) is 5.95 Å². The van der Waals surface area contributed by atoms with E-state index >= 15 is 0 Å². The molecule has 0 aliphatic rings. The fourth-order valence-corrected chi connectivity index (χ4v) is 1.87. The third-order valence-corrected chi connectivity index (χ3v) is 2.80. The number of para-hydroxylation sites is 2. The molecule has 1 aromatic carbocycles. The van der Waals surface area contributed by atoms with E-state index < -0.39 is 0 Å². The van der Waals surface area contributed by atoms with Crippen LogP contribution in [-0.2, 0) is 7.05 Å². The van der Waals surface area contributed by atoms with Crippen LogP contribution >= 0.6 is 0 Å². The Morgan fingerprint density at radius 1 is 1.18 bits per heavy atom. The Kier molecular flexibility index (Phi) is 3.98. The van der Waals surface area contributed by atoms with Crippen molar-refractivity contribution in [3.63, 3.8) is 0 Å². The molecular weight excluding hydrogens is 212 g/mol. The zero-order valence-corrected chi connectivity index (χ0v) is 10.5. The average Bonchev–Trinajstić information content (AvgIpc) is 2.67. The lowest BCUT2D eigenvalue weighted by atomic mass is 10.3. The summed E-state index contributed by atoms with van der Waals surface area (Å²) in [4.78, 5) is 4.55. The van der Waals surface area contributed by atoms with Crippen LogP contribution in [0, 0.1) is 0 Å². The number of nitrogens with one attached hydrogen (secondary N) is 2. The second-order valence-corrected chi connectivity index (χ2v) is 4.16. The summed E-state index contributed by atoms with van der Waals surface area (Å²) in [6, 6.07) is 8.18. The summed E-state index contributed by atoms with van der Waals surface area (Å²) >= 11 is 0. The maximum Gasteiger partial charge on any atom is 0.203 e. The number of benzene rings is 1. The van der Waals surface area contributed by atoms with E-state index in [1.54, 1.807) is 0 Å². The molecule has 0 aliphatic heterocycles. The van der Waals surface area contributed by atoms with Gasteiger partial charge in [-0.15, -0.1) is 0 Å². The number of hydrogen-bond acceptors (Lipinski definition) is 3. The van der Waals surface area contributed by atoms with E-state index in [9.17, 15) is 0 Å². The van der Waals surface area contributed by atoms with Gasteiger partial charge in [-0.3, -0.25) is 0 Å². The van der Waals surface area contributed by atoms with Gasteiger partial charge in [0.2, 0.25) is 5.95 Å². The van der Waals surface area contributed by atoms with Gasteiger partial charge < -0.3 is 15.2 Å². The number of fused-ring (bicyclic) bond motifs is 1. The summed E-state index contributed by atoms with van der Waals surface area (Å²) in [5.41, 5.74) is 2.20. The molecule has 0 fully saturated rings. The van der Waals surface area contributed by atoms with Gasteiger partial charge in [0.1, 0.15) is 0 Å². The molecule has 17 heavy (non-hydrogen) atoms. The van der Waals surface area contributed by atoms with Crippen molar-refractivity contribution in [1.29, 1.82) is 0 Å².